The lowest BCUT2D eigenvalue weighted by atomic mass is 9.98. The summed E-state index contributed by atoms with van der Waals surface area (Å²) < 4.78 is 0. The Balaban J connectivity index is 1.92. The molecule has 0 aliphatic carbocycles. The number of hydrazine groups is 1. The lowest BCUT2D eigenvalue weighted by Crippen LogP contribution is -2.29. The van der Waals surface area contributed by atoms with Crippen molar-refractivity contribution in [1.82, 2.24) is 5.43 Å². The zero-order valence-corrected chi connectivity index (χ0v) is 13.1. The molecule has 0 spiro atoms. The number of carbonyl (C=O) groups excluding carboxylic acids is 1. The Morgan fingerprint density at radius 3 is 2.17 bits per heavy atom. The van der Waals surface area contributed by atoms with E-state index in [1.54, 1.807) is 12.1 Å². The molecule has 118 valence electrons. The molecule has 0 saturated heterocycles. The number of amides is 1. The molecule has 24 heavy (non-hydrogen) atoms. The monoisotopic (exact) mass is 314 g/mol. The van der Waals surface area contributed by atoms with Crippen molar-refractivity contribution < 1.29 is 4.79 Å². The fourth-order valence-electron chi connectivity index (χ4n) is 2.54. The first-order chi connectivity index (χ1) is 11.8. The molecule has 3 N–H and O–H groups in total. The Bertz CT molecular complexity index is 853. The third-order valence-corrected chi connectivity index (χ3v) is 3.80. The minimum absolute atomic E-state index is 0.293. The van der Waals surface area contributed by atoms with E-state index in [-0.39, 0.29) is 5.91 Å². The van der Waals surface area contributed by atoms with Gasteiger partial charge in [0.05, 0.1) is 0 Å². The van der Waals surface area contributed by atoms with E-state index in [0.29, 0.717) is 5.56 Å². The number of nitrogen functional groups attached to an aromatic ring is 1. The highest BCUT2D eigenvalue weighted by Gasteiger charge is 2.05. The fourth-order valence-corrected chi connectivity index (χ4v) is 2.54. The molecule has 0 aliphatic heterocycles. The third kappa shape index (κ3) is 3.59. The van der Waals surface area contributed by atoms with E-state index in [0.717, 1.165) is 22.3 Å². The summed E-state index contributed by atoms with van der Waals surface area (Å²) in [5, 5.41) is 0. The summed E-state index contributed by atoms with van der Waals surface area (Å²) in [6.07, 6.45) is 4.19. The van der Waals surface area contributed by atoms with E-state index < -0.39 is 0 Å². The maximum Gasteiger partial charge on any atom is 0.265 e. The standard InChI is InChI=1S/C21H18N2O/c22-23-21(24)19-14-12-18(13-15-19)20-9-5-4-8-17(20)11-10-16-6-2-1-3-7-16/h1-15H,22H2,(H,23,24). The van der Waals surface area contributed by atoms with Crippen LogP contribution < -0.4 is 11.3 Å². The average molecular weight is 314 g/mol. The summed E-state index contributed by atoms with van der Waals surface area (Å²) in [5.74, 6) is 4.87. The predicted molar refractivity (Wildman–Crippen MR) is 98.9 cm³/mol. The average Bonchev–Trinajstić information content (AvgIpc) is 2.67. The molecule has 0 aliphatic rings. The van der Waals surface area contributed by atoms with Crippen LogP contribution in [0, 0.1) is 0 Å². The van der Waals surface area contributed by atoms with Gasteiger partial charge < -0.3 is 0 Å². The zero-order chi connectivity index (χ0) is 16.8. The van der Waals surface area contributed by atoms with Crippen molar-refractivity contribution >= 4 is 18.1 Å². The van der Waals surface area contributed by atoms with Crippen LogP contribution >= 0.6 is 0 Å². The number of hydrogen-bond donors (Lipinski definition) is 2. The first kappa shape index (κ1) is 15.7. The van der Waals surface area contributed by atoms with Crippen LogP contribution in [0.3, 0.4) is 0 Å². The topological polar surface area (TPSA) is 55.1 Å². The summed E-state index contributed by atoms with van der Waals surface area (Å²) in [6.45, 7) is 0. The van der Waals surface area contributed by atoms with Crippen LogP contribution in [0.25, 0.3) is 23.3 Å². The van der Waals surface area contributed by atoms with Crippen LogP contribution in [0.15, 0.2) is 78.9 Å². The summed E-state index contributed by atoms with van der Waals surface area (Å²) in [6, 6.07) is 25.8. The minimum Gasteiger partial charge on any atom is -0.290 e. The Morgan fingerprint density at radius 2 is 1.46 bits per heavy atom. The summed E-state index contributed by atoms with van der Waals surface area (Å²) in [7, 11) is 0. The van der Waals surface area contributed by atoms with E-state index in [2.05, 4.69) is 41.8 Å². The van der Waals surface area contributed by atoms with Gasteiger partial charge in [-0.25, -0.2) is 5.84 Å². The van der Waals surface area contributed by atoms with E-state index in [1.165, 1.54) is 0 Å². The van der Waals surface area contributed by atoms with Crippen molar-refractivity contribution in [2.24, 2.45) is 5.84 Å². The highest BCUT2D eigenvalue weighted by atomic mass is 16.2. The second-order valence-electron chi connectivity index (χ2n) is 5.38. The summed E-state index contributed by atoms with van der Waals surface area (Å²) >= 11 is 0. The van der Waals surface area contributed by atoms with E-state index in [1.807, 2.05) is 42.5 Å². The lowest BCUT2D eigenvalue weighted by Gasteiger charge is -2.07. The van der Waals surface area contributed by atoms with Gasteiger partial charge in [-0.1, -0.05) is 78.9 Å². The van der Waals surface area contributed by atoms with E-state index >= 15 is 0 Å². The molecule has 0 heterocycles. The van der Waals surface area contributed by atoms with Crippen LogP contribution in [-0.2, 0) is 0 Å². The molecule has 3 aromatic carbocycles. The van der Waals surface area contributed by atoms with Gasteiger partial charge >= 0.3 is 0 Å². The maximum absolute atomic E-state index is 11.5. The minimum atomic E-state index is -0.293. The molecule has 0 radical (unpaired) electrons. The first-order valence-corrected chi connectivity index (χ1v) is 7.71. The van der Waals surface area contributed by atoms with Gasteiger partial charge in [0.25, 0.3) is 5.91 Å². The Kier molecular flexibility index (Phi) is 4.84. The Morgan fingerprint density at radius 1 is 0.792 bits per heavy atom. The van der Waals surface area contributed by atoms with Crippen molar-refractivity contribution in [3.8, 4) is 11.1 Å². The van der Waals surface area contributed by atoms with Crippen molar-refractivity contribution in [3.63, 3.8) is 0 Å². The van der Waals surface area contributed by atoms with Crippen LogP contribution in [0.2, 0.25) is 0 Å². The second-order valence-corrected chi connectivity index (χ2v) is 5.38. The highest BCUT2D eigenvalue weighted by Crippen LogP contribution is 2.25. The van der Waals surface area contributed by atoms with Gasteiger partial charge in [-0.05, 0) is 34.4 Å². The molecule has 0 atom stereocenters. The number of benzene rings is 3. The Hall–Kier alpha value is -3.17. The van der Waals surface area contributed by atoms with Gasteiger partial charge in [0.2, 0.25) is 0 Å². The molecule has 0 unspecified atom stereocenters. The van der Waals surface area contributed by atoms with E-state index in [4.69, 9.17) is 5.84 Å². The SMILES string of the molecule is NNC(=O)c1ccc(-c2ccccc2C=Cc2ccccc2)cc1. The van der Waals surface area contributed by atoms with Gasteiger partial charge in [0, 0.05) is 5.56 Å². The van der Waals surface area contributed by atoms with E-state index in [9.17, 15) is 4.79 Å². The molecule has 0 saturated carbocycles. The summed E-state index contributed by atoms with van der Waals surface area (Å²) in [5.41, 5.74) is 7.13. The van der Waals surface area contributed by atoms with Crippen LogP contribution in [0.5, 0.6) is 0 Å². The number of hydrogen-bond acceptors (Lipinski definition) is 2. The number of rotatable bonds is 4. The lowest BCUT2D eigenvalue weighted by molar-refractivity contribution is 0.0953. The predicted octanol–water partition coefficient (Wildman–Crippen LogP) is 4.13. The maximum atomic E-state index is 11.5. The van der Waals surface area contributed by atoms with Crippen LogP contribution in [0.4, 0.5) is 0 Å². The Labute approximate surface area is 141 Å². The van der Waals surface area contributed by atoms with Crippen molar-refractivity contribution in [3.05, 3.63) is 95.6 Å². The fraction of sp³-hybridized carbons (Fsp3) is 0. The molecule has 3 heteroatoms. The molecular formula is C21H18N2O. The number of nitrogens with one attached hydrogen (secondary N) is 1. The van der Waals surface area contributed by atoms with Crippen LogP contribution in [0.1, 0.15) is 21.5 Å². The molecule has 3 aromatic rings. The molecule has 0 aromatic heterocycles. The molecule has 0 fully saturated rings. The van der Waals surface area contributed by atoms with Gasteiger partial charge in [0.15, 0.2) is 0 Å². The normalized spacial score (nSPS) is 10.7. The van der Waals surface area contributed by atoms with Gasteiger partial charge in [-0.15, -0.1) is 0 Å². The van der Waals surface area contributed by atoms with Gasteiger partial charge in [-0.3, -0.25) is 10.2 Å². The number of carbonyl (C=O) groups is 1. The van der Waals surface area contributed by atoms with Crippen molar-refractivity contribution in [1.29, 1.82) is 0 Å². The second kappa shape index (κ2) is 7.40. The highest BCUT2D eigenvalue weighted by molar-refractivity contribution is 5.94. The zero-order valence-electron chi connectivity index (χ0n) is 13.1. The largest absolute Gasteiger partial charge is 0.290 e. The number of nitrogens with two attached hydrogens (primary N) is 1. The van der Waals surface area contributed by atoms with Gasteiger partial charge in [-0.2, -0.15) is 0 Å². The van der Waals surface area contributed by atoms with Crippen molar-refractivity contribution in [2.45, 2.75) is 0 Å². The molecule has 3 rings (SSSR count). The van der Waals surface area contributed by atoms with Gasteiger partial charge in [0.1, 0.15) is 0 Å². The van der Waals surface area contributed by atoms with Crippen molar-refractivity contribution in [2.75, 3.05) is 0 Å². The third-order valence-electron chi connectivity index (χ3n) is 3.80. The smallest absolute Gasteiger partial charge is 0.265 e. The molecule has 3 nitrogen and oxygen atoms in total. The quantitative estimate of drug-likeness (QED) is 0.329. The molecule has 0 bridgehead atoms. The first-order valence-electron chi connectivity index (χ1n) is 7.71. The molecule has 1 amide bonds. The summed E-state index contributed by atoms with van der Waals surface area (Å²) in [4.78, 5) is 11.5. The van der Waals surface area contributed by atoms with Crippen LogP contribution in [-0.4, -0.2) is 5.91 Å². The molecular weight excluding hydrogens is 296 g/mol.